The first-order valence-electron chi connectivity index (χ1n) is 9.31. The molecule has 3 aromatic rings. The average molecular weight is 442 g/mol. The number of benzene rings is 2. The number of furan rings is 1. The van der Waals surface area contributed by atoms with E-state index in [1.807, 2.05) is 0 Å². The number of ketones is 1. The van der Waals surface area contributed by atoms with Crippen molar-refractivity contribution in [2.75, 3.05) is 7.11 Å². The second-order valence-corrected chi connectivity index (χ2v) is 7.35. The van der Waals surface area contributed by atoms with E-state index in [0.717, 1.165) is 6.07 Å². The topological polar surface area (TPSA) is 80.0 Å². The number of Topliss-reactive ketones (excluding diaryl/α,β-unsaturated/α-hetero) is 1. The van der Waals surface area contributed by atoms with Crippen molar-refractivity contribution < 1.29 is 28.2 Å². The van der Waals surface area contributed by atoms with Crippen LogP contribution in [0.5, 0.6) is 5.75 Å². The molecule has 1 aromatic heterocycles. The van der Waals surface area contributed by atoms with Gasteiger partial charge < -0.3 is 19.2 Å². The lowest BCUT2D eigenvalue weighted by Gasteiger charge is -2.24. The van der Waals surface area contributed by atoms with Gasteiger partial charge in [0.1, 0.15) is 11.5 Å². The molecule has 0 bridgehead atoms. The molecular formula is C23H17ClFNO5. The average Bonchev–Trinajstić information content (AvgIpc) is 3.35. The first-order valence-corrected chi connectivity index (χ1v) is 9.68. The Bertz CT molecular complexity index is 1190. The summed E-state index contributed by atoms with van der Waals surface area (Å²) in [4.78, 5) is 27.1. The molecule has 1 N–H and O–H groups in total. The maximum Gasteiger partial charge on any atom is 0.296 e. The lowest BCUT2D eigenvalue weighted by molar-refractivity contribution is -0.140. The lowest BCUT2D eigenvalue weighted by Crippen LogP contribution is -2.29. The molecule has 2 aromatic carbocycles. The molecular weight excluding hydrogens is 425 g/mol. The van der Waals surface area contributed by atoms with Crippen LogP contribution in [-0.4, -0.2) is 28.8 Å². The van der Waals surface area contributed by atoms with Crippen molar-refractivity contribution in [1.82, 2.24) is 4.90 Å². The van der Waals surface area contributed by atoms with E-state index < -0.39 is 29.3 Å². The van der Waals surface area contributed by atoms with E-state index >= 15 is 0 Å². The molecule has 0 aliphatic carbocycles. The number of carbonyl (C=O) groups is 2. The van der Waals surface area contributed by atoms with Gasteiger partial charge in [0, 0.05) is 10.6 Å². The fourth-order valence-electron chi connectivity index (χ4n) is 3.61. The van der Waals surface area contributed by atoms with Crippen LogP contribution in [-0.2, 0) is 16.1 Å². The number of nitrogens with zero attached hydrogens (tertiary/aromatic N) is 1. The Hall–Kier alpha value is -3.58. The SMILES string of the molecule is COc1ccc(/C(O)=C2/C(=O)C(=O)N(Cc3ccco3)C2c2cccc(Cl)c2)cc1F. The predicted molar refractivity (Wildman–Crippen MR) is 111 cm³/mol. The normalized spacial score (nSPS) is 17.9. The van der Waals surface area contributed by atoms with Crippen LogP contribution in [0, 0.1) is 5.82 Å². The van der Waals surface area contributed by atoms with E-state index in [0.29, 0.717) is 16.3 Å². The minimum atomic E-state index is -0.936. The van der Waals surface area contributed by atoms with Crippen molar-refractivity contribution in [3.8, 4) is 5.75 Å². The molecule has 1 amide bonds. The molecule has 0 radical (unpaired) electrons. The van der Waals surface area contributed by atoms with E-state index in [9.17, 15) is 19.1 Å². The van der Waals surface area contributed by atoms with Crippen LogP contribution < -0.4 is 4.74 Å². The maximum absolute atomic E-state index is 14.2. The van der Waals surface area contributed by atoms with Crippen molar-refractivity contribution in [2.24, 2.45) is 0 Å². The Labute approximate surface area is 182 Å². The third kappa shape index (κ3) is 3.80. The molecule has 1 saturated heterocycles. The molecule has 1 aliphatic rings. The Balaban J connectivity index is 1.87. The van der Waals surface area contributed by atoms with Crippen molar-refractivity contribution in [2.45, 2.75) is 12.6 Å². The maximum atomic E-state index is 14.2. The van der Waals surface area contributed by atoms with E-state index in [1.54, 1.807) is 36.4 Å². The first-order chi connectivity index (χ1) is 14.9. The third-order valence-corrected chi connectivity index (χ3v) is 5.27. The summed E-state index contributed by atoms with van der Waals surface area (Å²) in [6, 6.07) is 12.8. The highest BCUT2D eigenvalue weighted by atomic mass is 35.5. The molecule has 0 saturated carbocycles. The van der Waals surface area contributed by atoms with Crippen LogP contribution in [0.2, 0.25) is 5.02 Å². The summed E-state index contributed by atoms with van der Waals surface area (Å²) in [5.74, 6) is -2.45. The highest BCUT2D eigenvalue weighted by molar-refractivity contribution is 6.46. The fraction of sp³-hybridized carbons (Fsp3) is 0.130. The molecule has 2 heterocycles. The number of aliphatic hydroxyl groups is 1. The Morgan fingerprint density at radius 2 is 2.00 bits per heavy atom. The van der Waals surface area contributed by atoms with Crippen LogP contribution in [0.25, 0.3) is 5.76 Å². The number of hydrogen-bond donors (Lipinski definition) is 1. The summed E-state index contributed by atoms with van der Waals surface area (Å²) in [6.45, 7) is 0.00249. The summed E-state index contributed by atoms with van der Waals surface area (Å²) in [6.07, 6.45) is 1.46. The Morgan fingerprint density at radius 1 is 1.19 bits per heavy atom. The number of amides is 1. The van der Waals surface area contributed by atoms with Gasteiger partial charge in [0.25, 0.3) is 11.7 Å². The number of ether oxygens (including phenoxy) is 1. The second kappa shape index (κ2) is 8.28. The summed E-state index contributed by atoms with van der Waals surface area (Å²) in [5.41, 5.74) is 0.401. The zero-order valence-corrected chi connectivity index (χ0v) is 17.1. The number of aliphatic hydroxyl groups excluding tert-OH is 1. The summed E-state index contributed by atoms with van der Waals surface area (Å²) >= 11 is 6.14. The van der Waals surface area contributed by atoms with Gasteiger partial charge in [0.2, 0.25) is 0 Å². The van der Waals surface area contributed by atoms with Crippen LogP contribution >= 0.6 is 11.6 Å². The number of rotatable bonds is 5. The highest BCUT2D eigenvalue weighted by Crippen LogP contribution is 2.41. The van der Waals surface area contributed by atoms with Gasteiger partial charge in [0.15, 0.2) is 11.6 Å². The quantitative estimate of drug-likeness (QED) is 0.352. The molecule has 1 unspecified atom stereocenters. The van der Waals surface area contributed by atoms with Gasteiger partial charge in [0.05, 0.1) is 31.5 Å². The van der Waals surface area contributed by atoms with Crippen molar-refractivity contribution in [1.29, 1.82) is 0 Å². The molecule has 31 heavy (non-hydrogen) atoms. The molecule has 8 heteroatoms. The van der Waals surface area contributed by atoms with Gasteiger partial charge in [-0.3, -0.25) is 9.59 Å². The zero-order chi connectivity index (χ0) is 22.1. The van der Waals surface area contributed by atoms with Crippen LogP contribution in [0.1, 0.15) is 22.9 Å². The molecule has 4 rings (SSSR count). The van der Waals surface area contributed by atoms with Crippen molar-refractivity contribution >= 4 is 29.1 Å². The predicted octanol–water partition coefficient (Wildman–Crippen LogP) is 4.70. The molecule has 158 valence electrons. The summed E-state index contributed by atoms with van der Waals surface area (Å²) in [7, 11) is 1.32. The van der Waals surface area contributed by atoms with Gasteiger partial charge in [-0.1, -0.05) is 23.7 Å². The standard InChI is InChI=1S/C23H17ClFNO5/c1-30-18-8-7-14(11-17(18)25)21(27)19-20(13-4-2-5-15(24)10-13)26(23(29)22(19)28)12-16-6-3-9-31-16/h2-11,20,27H,12H2,1H3/b21-19-. The van der Waals surface area contributed by atoms with Crippen molar-refractivity contribution in [3.05, 3.63) is 94.2 Å². The van der Waals surface area contributed by atoms with Crippen molar-refractivity contribution in [3.63, 3.8) is 0 Å². The number of hydrogen-bond acceptors (Lipinski definition) is 5. The van der Waals surface area contributed by atoms with E-state index in [1.165, 1.54) is 30.4 Å². The second-order valence-electron chi connectivity index (χ2n) is 6.91. The van der Waals surface area contributed by atoms with Gasteiger partial charge >= 0.3 is 0 Å². The van der Waals surface area contributed by atoms with Gasteiger partial charge in [-0.2, -0.15) is 0 Å². The Kier molecular flexibility index (Phi) is 5.52. The van der Waals surface area contributed by atoms with Crippen LogP contribution in [0.4, 0.5) is 4.39 Å². The Morgan fingerprint density at radius 3 is 2.65 bits per heavy atom. The summed E-state index contributed by atoms with van der Waals surface area (Å²) < 4.78 is 24.5. The number of methoxy groups -OCH3 is 1. The molecule has 6 nitrogen and oxygen atoms in total. The largest absolute Gasteiger partial charge is 0.507 e. The van der Waals surface area contributed by atoms with E-state index in [2.05, 4.69) is 0 Å². The third-order valence-electron chi connectivity index (χ3n) is 5.04. The molecule has 1 fully saturated rings. The molecule has 0 spiro atoms. The zero-order valence-electron chi connectivity index (χ0n) is 16.3. The molecule has 1 aliphatic heterocycles. The number of carbonyl (C=O) groups excluding carboxylic acids is 2. The van der Waals surface area contributed by atoms with Gasteiger partial charge in [-0.15, -0.1) is 0 Å². The number of likely N-dealkylation sites (tertiary alicyclic amines) is 1. The minimum absolute atomic E-state index is 0.00249. The van der Waals surface area contributed by atoms with E-state index in [4.69, 9.17) is 20.8 Å². The van der Waals surface area contributed by atoms with Gasteiger partial charge in [-0.25, -0.2) is 4.39 Å². The summed E-state index contributed by atoms with van der Waals surface area (Å²) in [5, 5.41) is 11.4. The van der Waals surface area contributed by atoms with Gasteiger partial charge in [-0.05, 0) is 48.0 Å². The van der Waals surface area contributed by atoms with Crippen LogP contribution in [0.15, 0.2) is 70.9 Å². The minimum Gasteiger partial charge on any atom is -0.507 e. The monoisotopic (exact) mass is 441 g/mol. The number of halogens is 2. The van der Waals surface area contributed by atoms with E-state index in [-0.39, 0.29) is 23.4 Å². The fourth-order valence-corrected chi connectivity index (χ4v) is 3.80. The highest BCUT2D eigenvalue weighted by Gasteiger charge is 2.46. The van der Waals surface area contributed by atoms with Crippen LogP contribution in [0.3, 0.4) is 0 Å². The first kappa shape index (κ1) is 20.7. The molecule has 1 atom stereocenters. The smallest absolute Gasteiger partial charge is 0.296 e. The lowest BCUT2D eigenvalue weighted by atomic mass is 9.95.